The number of amides is 1. The Bertz CT molecular complexity index is 694. The molecule has 1 atom stereocenters. The van der Waals surface area contributed by atoms with Crippen LogP contribution in [0.5, 0.6) is 0 Å². The van der Waals surface area contributed by atoms with Crippen molar-refractivity contribution in [3.05, 3.63) is 35.6 Å². The maximum atomic E-state index is 12.0. The van der Waals surface area contributed by atoms with Crippen molar-refractivity contribution in [2.75, 3.05) is 24.3 Å². The Hall–Kier alpha value is -1.22. The van der Waals surface area contributed by atoms with Crippen LogP contribution in [0.25, 0.3) is 5.69 Å². The Morgan fingerprint density at radius 3 is 3.00 bits per heavy atom. The molecule has 9 heteroatoms. The minimum absolute atomic E-state index is 0.165. The van der Waals surface area contributed by atoms with E-state index in [-0.39, 0.29) is 18.2 Å². The lowest BCUT2D eigenvalue weighted by Gasteiger charge is -2.22. The average molecular weight is 387 g/mol. The van der Waals surface area contributed by atoms with Gasteiger partial charge in [0.25, 0.3) is 0 Å². The third-order valence-corrected chi connectivity index (χ3v) is 5.15. The molecule has 1 heterocycles. The van der Waals surface area contributed by atoms with Gasteiger partial charge >= 0.3 is 0 Å². The summed E-state index contributed by atoms with van der Waals surface area (Å²) in [5.74, 6) is 0.583. The molecule has 0 radical (unpaired) electrons. The molecule has 0 aliphatic carbocycles. The second kappa shape index (κ2) is 8.75. The predicted octanol–water partition coefficient (Wildman–Crippen LogP) is 2.24. The lowest BCUT2D eigenvalue weighted by atomic mass is 10.1. The Morgan fingerprint density at radius 1 is 1.50 bits per heavy atom. The highest BCUT2D eigenvalue weighted by atomic mass is 35.5. The van der Waals surface area contributed by atoms with Crippen LogP contribution in [0.2, 0.25) is 5.02 Å². The quantitative estimate of drug-likeness (QED) is 0.677. The van der Waals surface area contributed by atoms with Crippen LogP contribution in [0, 0.1) is 0 Å². The van der Waals surface area contributed by atoms with Crippen LogP contribution in [0.4, 0.5) is 0 Å². The minimum atomic E-state index is -0.916. The molecule has 2 N–H and O–H groups in total. The normalized spacial score (nSPS) is 13.5. The van der Waals surface area contributed by atoms with Crippen LogP contribution in [-0.4, -0.2) is 55.7 Å². The third kappa shape index (κ3) is 5.70. The van der Waals surface area contributed by atoms with Crippen molar-refractivity contribution in [3.8, 4) is 5.69 Å². The minimum Gasteiger partial charge on any atom is -0.387 e. The molecule has 0 fully saturated rings. The van der Waals surface area contributed by atoms with Crippen LogP contribution < -0.4 is 5.32 Å². The number of aromatic nitrogens is 3. The van der Waals surface area contributed by atoms with Crippen LogP contribution in [0.15, 0.2) is 35.7 Å². The molecule has 24 heavy (non-hydrogen) atoms. The van der Waals surface area contributed by atoms with Gasteiger partial charge in [-0.1, -0.05) is 29.4 Å². The Balaban J connectivity index is 1.91. The number of carbonyl (C=O) groups excluding carboxylic acids is 1. The standard InChI is InChI=1S/C15H19ClN4O2S2/c1-15(22,9-23-2)8-17-13(21)7-24-14-19-18-10-20(14)12-5-3-4-11(16)6-12/h3-6,10,22H,7-9H2,1-2H3,(H,17,21). The monoisotopic (exact) mass is 386 g/mol. The molecular formula is C15H19ClN4O2S2. The Labute approximate surface area is 154 Å². The maximum Gasteiger partial charge on any atom is 0.230 e. The lowest BCUT2D eigenvalue weighted by Crippen LogP contribution is -2.43. The van der Waals surface area contributed by atoms with Crippen LogP contribution in [0.1, 0.15) is 6.92 Å². The maximum absolute atomic E-state index is 12.0. The SMILES string of the molecule is CSCC(C)(O)CNC(=O)CSc1nncn1-c1cccc(Cl)c1. The summed E-state index contributed by atoms with van der Waals surface area (Å²) in [5.41, 5.74) is -0.0843. The zero-order chi connectivity index (χ0) is 17.6. The number of hydrogen-bond acceptors (Lipinski definition) is 6. The van der Waals surface area contributed by atoms with Crippen molar-refractivity contribution >= 4 is 41.0 Å². The first-order valence-electron chi connectivity index (χ1n) is 7.18. The summed E-state index contributed by atoms with van der Waals surface area (Å²) in [6, 6.07) is 7.32. The third-order valence-electron chi connectivity index (χ3n) is 3.06. The summed E-state index contributed by atoms with van der Waals surface area (Å²) in [7, 11) is 0. The second-order valence-electron chi connectivity index (χ2n) is 5.46. The largest absolute Gasteiger partial charge is 0.387 e. The molecule has 0 aliphatic rings. The van der Waals surface area contributed by atoms with E-state index in [2.05, 4.69) is 15.5 Å². The van der Waals surface area contributed by atoms with Gasteiger partial charge < -0.3 is 10.4 Å². The molecule has 1 amide bonds. The van der Waals surface area contributed by atoms with Crippen molar-refractivity contribution in [1.82, 2.24) is 20.1 Å². The number of thioether (sulfide) groups is 2. The number of nitrogens with one attached hydrogen (secondary N) is 1. The fraction of sp³-hybridized carbons (Fsp3) is 0.400. The van der Waals surface area contributed by atoms with Crippen LogP contribution in [0.3, 0.4) is 0 Å². The number of rotatable bonds is 8. The van der Waals surface area contributed by atoms with Crippen molar-refractivity contribution in [2.45, 2.75) is 17.7 Å². The molecule has 0 saturated carbocycles. The molecule has 0 aliphatic heterocycles. The molecule has 0 spiro atoms. The number of benzene rings is 1. The summed E-state index contributed by atoms with van der Waals surface area (Å²) in [4.78, 5) is 12.0. The highest BCUT2D eigenvalue weighted by Gasteiger charge is 2.20. The molecule has 1 unspecified atom stereocenters. The van der Waals surface area contributed by atoms with Gasteiger partial charge in [-0.3, -0.25) is 9.36 Å². The summed E-state index contributed by atoms with van der Waals surface area (Å²) >= 11 is 8.81. The number of aliphatic hydroxyl groups is 1. The topological polar surface area (TPSA) is 80.0 Å². The van der Waals surface area contributed by atoms with Gasteiger partial charge in [-0.15, -0.1) is 10.2 Å². The number of carbonyl (C=O) groups is 1. The Kier molecular flexibility index (Phi) is 6.97. The molecule has 0 bridgehead atoms. The van der Waals surface area contributed by atoms with Gasteiger partial charge in [0.15, 0.2) is 5.16 Å². The van der Waals surface area contributed by atoms with Gasteiger partial charge in [-0.2, -0.15) is 11.8 Å². The smallest absolute Gasteiger partial charge is 0.230 e. The summed E-state index contributed by atoms with van der Waals surface area (Å²) in [6.45, 7) is 1.92. The van der Waals surface area contributed by atoms with E-state index in [0.717, 1.165) is 5.69 Å². The molecule has 1 aromatic heterocycles. The zero-order valence-corrected chi connectivity index (χ0v) is 15.8. The van der Waals surface area contributed by atoms with Crippen molar-refractivity contribution in [3.63, 3.8) is 0 Å². The first-order chi connectivity index (χ1) is 11.4. The van der Waals surface area contributed by atoms with Crippen molar-refractivity contribution in [2.24, 2.45) is 0 Å². The van der Waals surface area contributed by atoms with E-state index < -0.39 is 5.60 Å². The number of halogens is 1. The first-order valence-corrected chi connectivity index (χ1v) is 9.94. The molecule has 6 nitrogen and oxygen atoms in total. The van der Waals surface area contributed by atoms with E-state index in [4.69, 9.17) is 11.6 Å². The summed E-state index contributed by atoms with van der Waals surface area (Å²) < 4.78 is 1.77. The predicted molar refractivity (Wildman–Crippen MR) is 99.1 cm³/mol. The lowest BCUT2D eigenvalue weighted by molar-refractivity contribution is -0.119. The van der Waals surface area contributed by atoms with Gasteiger partial charge in [0.05, 0.1) is 17.0 Å². The zero-order valence-electron chi connectivity index (χ0n) is 13.4. The van der Waals surface area contributed by atoms with Crippen LogP contribution in [-0.2, 0) is 4.79 Å². The second-order valence-corrected chi connectivity index (χ2v) is 7.70. The van der Waals surface area contributed by atoms with Gasteiger partial charge in [0.2, 0.25) is 5.91 Å². The van der Waals surface area contributed by atoms with Gasteiger partial charge in [-0.05, 0) is 31.4 Å². The van der Waals surface area contributed by atoms with Gasteiger partial charge in [-0.25, -0.2) is 0 Å². The highest BCUT2D eigenvalue weighted by molar-refractivity contribution is 7.99. The summed E-state index contributed by atoms with van der Waals surface area (Å²) in [5, 5.41) is 21.9. The molecule has 2 aromatic rings. The highest BCUT2D eigenvalue weighted by Crippen LogP contribution is 2.21. The fourth-order valence-corrected chi connectivity index (χ4v) is 3.63. The molecule has 130 valence electrons. The van der Waals surface area contributed by atoms with E-state index in [1.54, 1.807) is 30.0 Å². The van der Waals surface area contributed by atoms with Crippen LogP contribution >= 0.6 is 35.1 Å². The average Bonchev–Trinajstić information content (AvgIpc) is 2.99. The Morgan fingerprint density at radius 2 is 2.29 bits per heavy atom. The number of hydrogen-bond donors (Lipinski definition) is 2. The van der Waals surface area contributed by atoms with E-state index >= 15 is 0 Å². The molecular weight excluding hydrogens is 368 g/mol. The molecule has 2 rings (SSSR count). The van der Waals surface area contributed by atoms with E-state index in [0.29, 0.717) is 15.9 Å². The molecule has 1 aromatic carbocycles. The number of nitrogens with zero attached hydrogens (tertiary/aromatic N) is 3. The summed E-state index contributed by atoms with van der Waals surface area (Å²) in [6.07, 6.45) is 3.49. The van der Waals surface area contributed by atoms with E-state index in [1.807, 2.05) is 18.4 Å². The van der Waals surface area contributed by atoms with Crippen molar-refractivity contribution < 1.29 is 9.90 Å². The fourth-order valence-electron chi connectivity index (χ4n) is 1.96. The van der Waals surface area contributed by atoms with E-state index in [9.17, 15) is 9.90 Å². The van der Waals surface area contributed by atoms with E-state index in [1.165, 1.54) is 23.5 Å². The van der Waals surface area contributed by atoms with Crippen molar-refractivity contribution in [1.29, 1.82) is 0 Å². The first kappa shape index (κ1) is 19.1. The van der Waals surface area contributed by atoms with Gasteiger partial charge in [0, 0.05) is 17.3 Å². The molecule has 0 saturated heterocycles. The van der Waals surface area contributed by atoms with Gasteiger partial charge in [0.1, 0.15) is 6.33 Å².